The Labute approximate surface area is 447 Å². The molecule has 438 valence electrons. The number of benzene rings is 6. The Morgan fingerprint density at radius 2 is 0.866 bits per heavy atom. The molecule has 0 atom stereocenters. The second-order valence-corrected chi connectivity index (χ2v) is 17.6. The number of anilines is 2. The minimum absolute atomic E-state index is 0.0161. The lowest BCUT2D eigenvalue weighted by atomic mass is 9.73. The number of carbonyl (C=O) groups is 4. The number of halogens is 18. The van der Waals surface area contributed by atoms with Crippen molar-refractivity contribution in [3.63, 3.8) is 0 Å². The topological polar surface area (TPSA) is 181 Å². The third-order valence-electron chi connectivity index (χ3n) is 12.3. The van der Waals surface area contributed by atoms with Crippen LogP contribution < -0.4 is 24.8 Å². The lowest BCUT2D eigenvalue weighted by Crippen LogP contribution is -2.54. The summed E-state index contributed by atoms with van der Waals surface area (Å²) in [4.78, 5) is 49.0. The van der Waals surface area contributed by atoms with Gasteiger partial charge in [-0.1, -0.05) is 36.4 Å². The molecule has 30 heteroatoms. The lowest BCUT2D eigenvalue weighted by Gasteiger charge is -2.38. The van der Waals surface area contributed by atoms with Crippen molar-refractivity contribution in [3.05, 3.63) is 171 Å². The van der Waals surface area contributed by atoms with Gasteiger partial charge < -0.3 is 40.2 Å². The van der Waals surface area contributed by atoms with Crippen molar-refractivity contribution in [3.8, 4) is 28.7 Å². The van der Waals surface area contributed by atoms with Crippen molar-refractivity contribution in [1.29, 1.82) is 0 Å². The highest BCUT2D eigenvalue weighted by molar-refractivity contribution is 6.11. The molecule has 12 nitrogen and oxygen atoms in total. The summed E-state index contributed by atoms with van der Waals surface area (Å²) in [5, 5.41) is 34.3. The molecule has 0 aromatic heterocycles. The van der Waals surface area contributed by atoms with Gasteiger partial charge in [-0.3, -0.25) is 14.4 Å². The van der Waals surface area contributed by atoms with E-state index < -0.39 is 145 Å². The molecule has 6 aromatic rings. The van der Waals surface area contributed by atoms with E-state index in [-0.39, 0.29) is 53.5 Å². The molecule has 0 unspecified atom stereocenters. The molecule has 0 fully saturated rings. The number of alkyl halides is 18. The zero-order chi connectivity index (χ0) is 61.6. The van der Waals surface area contributed by atoms with Crippen molar-refractivity contribution in [2.75, 3.05) is 17.7 Å². The number of hydrogen-bond donors (Lipinski definition) is 5. The van der Waals surface area contributed by atoms with Crippen molar-refractivity contribution in [2.24, 2.45) is 0 Å². The van der Waals surface area contributed by atoms with E-state index in [4.69, 9.17) is 14.2 Å². The van der Waals surface area contributed by atoms with Crippen LogP contribution in [0.25, 0.3) is 0 Å². The van der Waals surface area contributed by atoms with E-state index in [1.54, 1.807) is 5.32 Å². The molecule has 82 heavy (non-hydrogen) atoms. The van der Waals surface area contributed by atoms with Crippen molar-refractivity contribution in [2.45, 2.75) is 67.0 Å². The lowest BCUT2D eigenvalue weighted by molar-refractivity contribution is -0.376. The number of aromatic carboxylic acids is 1. The Morgan fingerprint density at radius 1 is 0.476 bits per heavy atom. The molecule has 5 N–H and O–H groups in total. The number of carbonyl (C=O) groups excluding carboxylic acids is 3. The largest absolute Gasteiger partial charge is 0.478 e. The first kappa shape index (κ1) is 62.7. The van der Waals surface area contributed by atoms with Crippen LogP contribution in [-0.4, -0.2) is 83.6 Å². The average molecular weight is 1190 g/mol. The van der Waals surface area contributed by atoms with Crippen LogP contribution in [0.4, 0.5) is 90.4 Å². The minimum Gasteiger partial charge on any atom is -0.478 e. The van der Waals surface area contributed by atoms with Gasteiger partial charge in [0.15, 0.2) is 5.78 Å². The summed E-state index contributed by atoms with van der Waals surface area (Å²) in [5.74, 6) is -6.27. The van der Waals surface area contributed by atoms with Gasteiger partial charge in [-0.15, -0.1) is 0 Å². The number of carboxylic acid groups (broad SMARTS) is 1. The summed E-state index contributed by atoms with van der Waals surface area (Å²) in [6.45, 7) is 1.11. The molecule has 0 heterocycles. The molecule has 1 amide bonds. The standard InChI is InChI=1S/C52H34F18N2O10/c1-25(74)39-22-37(12-14-41(39)80-24-73)82-35-9-5-29(6-10-35)44(47(53,54)55,48(56,57)58)28-3-7-34(8-4-28)81-36-11-13-38(43(76)77)40(23-36)42(75)72-33-19-27(17-31(21-33)46(79,51(65,66)67)52(68,69)70)15-26-16-30(20-32(18-26)71-2)45(78,49(59,60)61)50(62,63)64/h3-14,16-24,71,78-79H,15H2,1-2H3,(H,72,75)(H,76,77). The van der Waals surface area contributed by atoms with Crippen LogP contribution in [0, 0.1) is 0 Å². The first-order chi connectivity index (χ1) is 37.6. The fourth-order valence-corrected chi connectivity index (χ4v) is 8.40. The molecule has 0 saturated carbocycles. The second-order valence-electron chi connectivity index (χ2n) is 17.6. The highest BCUT2D eigenvalue weighted by atomic mass is 19.4. The first-order valence-electron chi connectivity index (χ1n) is 22.5. The van der Waals surface area contributed by atoms with Gasteiger partial charge >= 0.3 is 43.0 Å². The van der Waals surface area contributed by atoms with E-state index in [1.807, 2.05) is 0 Å². The van der Waals surface area contributed by atoms with Crippen LogP contribution in [0.5, 0.6) is 28.7 Å². The highest BCUT2D eigenvalue weighted by Gasteiger charge is 2.74. The van der Waals surface area contributed by atoms with Gasteiger partial charge in [0.2, 0.25) is 5.41 Å². The van der Waals surface area contributed by atoms with Gasteiger partial charge in [0.25, 0.3) is 23.6 Å². The summed E-state index contributed by atoms with van der Waals surface area (Å²) in [5.41, 5.74) is -29.0. The van der Waals surface area contributed by atoms with E-state index in [0.29, 0.717) is 54.6 Å². The molecular weight excluding hydrogens is 1150 g/mol. The van der Waals surface area contributed by atoms with Crippen molar-refractivity contribution in [1.82, 2.24) is 0 Å². The van der Waals surface area contributed by atoms with Crippen LogP contribution in [0.1, 0.15) is 71.4 Å². The van der Waals surface area contributed by atoms with Gasteiger partial charge in [0.1, 0.15) is 28.7 Å². The molecule has 0 bridgehead atoms. The molecule has 0 aliphatic heterocycles. The minimum atomic E-state index is -6.67. The summed E-state index contributed by atoms with van der Waals surface area (Å²) >= 11 is 0. The van der Waals surface area contributed by atoms with E-state index >= 15 is 26.3 Å². The Balaban J connectivity index is 1.37. The van der Waals surface area contributed by atoms with Gasteiger partial charge in [-0.2, -0.15) is 79.0 Å². The monoisotopic (exact) mass is 1190 g/mol. The average Bonchev–Trinajstić information content (AvgIpc) is 1.41. The predicted octanol–water partition coefficient (Wildman–Crippen LogP) is 13.6. The summed E-state index contributed by atoms with van der Waals surface area (Å²) < 4.78 is 275. The molecule has 0 spiro atoms. The maximum absolute atomic E-state index is 15.1. The number of amides is 1. The maximum Gasteiger partial charge on any atom is 0.430 e. The number of carboxylic acids is 1. The van der Waals surface area contributed by atoms with E-state index in [0.717, 1.165) is 50.4 Å². The third kappa shape index (κ3) is 11.9. The Bertz CT molecular complexity index is 3350. The molecule has 0 radical (unpaired) electrons. The summed E-state index contributed by atoms with van der Waals surface area (Å²) in [6.07, 6.45) is -39.9. The van der Waals surface area contributed by atoms with E-state index in [2.05, 4.69) is 5.32 Å². The van der Waals surface area contributed by atoms with Gasteiger partial charge in [0.05, 0.1) is 16.7 Å². The predicted molar refractivity (Wildman–Crippen MR) is 248 cm³/mol. The quantitative estimate of drug-likeness (QED) is 0.0333. The van der Waals surface area contributed by atoms with Crippen LogP contribution in [0.3, 0.4) is 0 Å². The normalized spacial score (nSPS) is 13.0. The van der Waals surface area contributed by atoms with Crippen LogP contribution in [0.15, 0.2) is 121 Å². The Hall–Kier alpha value is -8.54. The number of Topliss-reactive ketones (excluding diaryl/α,β-unsaturated/α-hetero) is 1. The fourth-order valence-electron chi connectivity index (χ4n) is 8.40. The zero-order valence-corrected chi connectivity index (χ0v) is 40.8. The first-order valence-corrected chi connectivity index (χ1v) is 22.5. The maximum atomic E-state index is 15.1. The molecule has 6 aromatic carbocycles. The van der Waals surface area contributed by atoms with Crippen LogP contribution in [-0.2, 0) is 27.8 Å². The smallest absolute Gasteiger partial charge is 0.430 e. The zero-order valence-electron chi connectivity index (χ0n) is 40.8. The van der Waals surface area contributed by atoms with Crippen LogP contribution in [0.2, 0.25) is 0 Å². The van der Waals surface area contributed by atoms with Crippen molar-refractivity contribution >= 4 is 35.5 Å². The van der Waals surface area contributed by atoms with Crippen LogP contribution >= 0.6 is 0 Å². The van der Waals surface area contributed by atoms with Gasteiger partial charge in [-0.25, -0.2) is 4.79 Å². The van der Waals surface area contributed by atoms with Crippen molar-refractivity contribution < 1.29 is 128 Å². The second kappa shape index (κ2) is 22.1. The number of ketones is 1. The summed E-state index contributed by atoms with van der Waals surface area (Å²) in [7, 11) is 0.957. The van der Waals surface area contributed by atoms with Gasteiger partial charge in [-0.05, 0) is 121 Å². The Morgan fingerprint density at radius 3 is 1.24 bits per heavy atom. The number of nitrogens with one attached hydrogen (secondary N) is 2. The van der Waals surface area contributed by atoms with Gasteiger partial charge in [0, 0.05) is 29.5 Å². The highest BCUT2D eigenvalue weighted by Crippen LogP contribution is 2.57. The SMILES string of the molecule is CNc1cc(Cc2cc(NC(=O)c3cc(Oc4ccc(C(c5ccc(Oc6ccc(OC=O)c(C(C)=O)c6)cc5)(C(F)(F)F)C(F)(F)F)cc4)ccc3C(=O)O)cc(C(O)(C(F)(F)F)C(F)(F)F)c2)cc(C(O)(C(F)(F)F)C(F)(F)F)c1. The molecular formula is C52H34F18N2O10. The number of hydrogen-bond acceptors (Lipinski definition) is 10. The summed E-state index contributed by atoms with van der Waals surface area (Å²) in [6, 6.07) is 10.8. The number of rotatable bonds is 17. The van der Waals surface area contributed by atoms with E-state index in [9.17, 15) is 87.2 Å². The molecule has 0 saturated heterocycles. The fraction of sp³-hybridized carbons (Fsp3) is 0.231. The third-order valence-corrected chi connectivity index (χ3v) is 12.3. The Kier molecular flexibility index (Phi) is 16.9. The number of aliphatic hydroxyl groups is 2. The molecule has 0 aliphatic rings. The molecule has 0 aliphatic carbocycles. The van der Waals surface area contributed by atoms with E-state index in [1.165, 1.54) is 6.07 Å². The number of ether oxygens (including phenoxy) is 3. The molecule has 6 rings (SSSR count).